The summed E-state index contributed by atoms with van der Waals surface area (Å²) in [6.07, 6.45) is 1.46. The summed E-state index contributed by atoms with van der Waals surface area (Å²) < 4.78 is 25.8. The summed E-state index contributed by atoms with van der Waals surface area (Å²) in [6.45, 7) is 4.42. The molecule has 1 aromatic heterocycles. The van der Waals surface area contributed by atoms with E-state index in [4.69, 9.17) is 11.6 Å². The normalized spacial score (nSPS) is 16.7. The molecule has 1 amide bonds. The van der Waals surface area contributed by atoms with Crippen LogP contribution in [0.1, 0.15) is 48.0 Å². The van der Waals surface area contributed by atoms with Gasteiger partial charge in [-0.1, -0.05) is 36.8 Å². The first-order chi connectivity index (χ1) is 12.3. The van der Waals surface area contributed by atoms with Gasteiger partial charge in [0.25, 0.3) is 5.91 Å². The number of aromatic nitrogens is 2. The highest BCUT2D eigenvalue weighted by Gasteiger charge is 2.27. The summed E-state index contributed by atoms with van der Waals surface area (Å²) in [7, 11) is -3.32. The number of halogens is 1. The van der Waals surface area contributed by atoms with E-state index in [0.717, 1.165) is 11.4 Å². The highest BCUT2D eigenvalue weighted by atomic mass is 35.5. The third-order valence-electron chi connectivity index (χ3n) is 3.99. The second-order valence-electron chi connectivity index (χ2n) is 6.31. The second kappa shape index (κ2) is 7.50. The molecule has 26 heavy (non-hydrogen) atoms. The molecule has 0 aliphatic carbocycles. The van der Waals surface area contributed by atoms with Crippen LogP contribution in [0, 0.1) is 0 Å². The standard InChI is InChI=1S/C16H19ClN4O3S2/c1-10(2)15-19-20-16(25-15)18-14(22)12-6-5-11(9-13(12)17)21-7-3-4-8-26(21,23)24/h5-6,9-10H,3-4,7-8H2,1-2H3,(H,18,20,22). The maximum Gasteiger partial charge on any atom is 0.259 e. The Morgan fingerprint density at radius 3 is 2.69 bits per heavy atom. The third kappa shape index (κ3) is 3.99. The van der Waals surface area contributed by atoms with Crippen molar-refractivity contribution >= 4 is 49.7 Å². The minimum atomic E-state index is -3.32. The van der Waals surface area contributed by atoms with Crippen molar-refractivity contribution in [3.63, 3.8) is 0 Å². The summed E-state index contributed by atoms with van der Waals surface area (Å²) in [5.41, 5.74) is 0.732. The van der Waals surface area contributed by atoms with E-state index in [0.29, 0.717) is 23.8 Å². The van der Waals surface area contributed by atoms with Crippen molar-refractivity contribution in [2.45, 2.75) is 32.6 Å². The first kappa shape index (κ1) is 19.1. The molecule has 1 saturated heterocycles. The molecule has 3 rings (SSSR count). The number of carbonyl (C=O) groups is 1. The van der Waals surface area contributed by atoms with E-state index >= 15 is 0 Å². The van der Waals surface area contributed by atoms with Crippen LogP contribution >= 0.6 is 22.9 Å². The minimum Gasteiger partial charge on any atom is -0.296 e. The molecule has 0 unspecified atom stereocenters. The zero-order valence-electron chi connectivity index (χ0n) is 14.4. The molecule has 2 heterocycles. The van der Waals surface area contributed by atoms with Crippen LogP contribution in [0.4, 0.5) is 10.8 Å². The smallest absolute Gasteiger partial charge is 0.259 e. The van der Waals surface area contributed by atoms with Crippen LogP contribution in [0.25, 0.3) is 0 Å². The fourth-order valence-corrected chi connectivity index (χ4v) is 5.24. The van der Waals surface area contributed by atoms with Crippen LogP contribution in [0.3, 0.4) is 0 Å². The van der Waals surface area contributed by atoms with Gasteiger partial charge in [-0.25, -0.2) is 8.42 Å². The van der Waals surface area contributed by atoms with Gasteiger partial charge < -0.3 is 0 Å². The molecular weight excluding hydrogens is 396 g/mol. The number of anilines is 2. The lowest BCUT2D eigenvalue weighted by molar-refractivity contribution is 0.102. The average molecular weight is 415 g/mol. The number of amides is 1. The van der Waals surface area contributed by atoms with Gasteiger partial charge in [-0.2, -0.15) is 0 Å². The Labute approximate surface area is 161 Å². The Morgan fingerprint density at radius 2 is 2.08 bits per heavy atom. The first-order valence-corrected chi connectivity index (χ1v) is 11.0. The van der Waals surface area contributed by atoms with Crippen LogP contribution in [0.5, 0.6) is 0 Å². The Morgan fingerprint density at radius 1 is 1.31 bits per heavy atom. The zero-order valence-corrected chi connectivity index (χ0v) is 16.8. The molecule has 2 aromatic rings. The number of carbonyl (C=O) groups excluding carboxylic acids is 1. The van der Waals surface area contributed by atoms with Crippen molar-refractivity contribution in [2.24, 2.45) is 0 Å². The monoisotopic (exact) mass is 414 g/mol. The van der Waals surface area contributed by atoms with Gasteiger partial charge in [-0.3, -0.25) is 14.4 Å². The van der Waals surface area contributed by atoms with E-state index in [1.54, 1.807) is 6.07 Å². The predicted molar refractivity (Wildman–Crippen MR) is 104 cm³/mol. The number of sulfonamides is 1. The molecule has 0 atom stereocenters. The molecule has 1 aromatic carbocycles. The van der Waals surface area contributed by atoms with Crippen LogP contribution < -0.4 is 9.62 Å². The molecule has 1 fully saturated rings. The van der Waals surface area contributed by atoms with Crippen molar-refractivity contribution in [2.75, 3.05) is 21.9 Å². The average Bonchev–Trinajstić information content (AvgIpc) is 3.03. The number of nitrogens with one attached hydrogen (secondary N) is 1. The fourth-order valence-electron chi connectivity index (χ4n) is 2.61. The van der Waals surface area contributed by atoms with Crippen molar-refractivity contribution < 1.29 is 13.2 Å². The van der Waals surface area contributed by atoms with Crippen LogP contribution in [0.2, 0.25) is 5.02 Å². The number of hydrogen-bond donors (Lipinski definition) is 1. The zero-order chi connectivity index (χ0) is 18.9. The van der Waals surface area contributed by atoms with Crippen LogP contribution in [-0.4, -0.2) is 36.8 Å². The molecule has 1 aliphatic rings. The van der Waals surface area contributed by atoms with Crippen LogP contribution in [0.15, 0.2) is 18.2 Å². The SMILES string of the molecule is CC(C)c1nnc(NC(=O)c2ccc(N3CCCCS3(=O)=O)cc2Cl)s1. The van der Waals surface area contributed by atoms with Gasteiger partial charge in [-0.15, -0.1) is 10.2 Å². The van der Waals surface area contributed by atoms with Crippen molar-refractivity contribution in [3.8, 4) is 0 Å². The van der Waals surface area contributed by atoms with Gasteiger partial charge >= 0.3 is 0 Å². The van der Waals surface area contributed by atoms with Gasteiger partial charge in [0.05, 0.1) is 22.0 Å². The molecule has 0 saturated carbocycles. The molecule has 0 bridgehead atoms. The maximum atomic E-state index is 12.4. The Bertz CT molecular complexity index is 927. The van der Waals surface area contributed by atoms with Gasteiger partial charge in [0, 0.05) is 12.5 Å². The summed E-state index contributed by atoms with van der Waals surface area (Å²) in [4.78, 5) is 12.4. The van der Waals surface area contributed by atoms with E-state index in [2.05, 4.69) is 15.5 Å². The molecule has 0 radical (unpaired) electrons. The summed E-state index contributed by atoms with van der Waals surface area (Å²) in [5.74, 6) is -0.0516. The Kier molecular flexibility index (Phi) is 5.50. The number of hydrogen-bond acceptors (Lipinski definition) is 6. The molecule has 0 spiro atoms. The summed E-state index contributed by atoms with van der Waals surface area (Å²) in [5, 5.41) is 12.1. The van der Waals surface area contributed by atoms with Crippen molar-refractivity contribution in [1.82, 2.24) is 10.2 Å². The van der Waals surface area contributed by atoms with Gasteiger partial charge in [0.1, 0.15) is 5.01 Å². The maximum absolute atomic E-state index is 12.4. The summed E-state index contributed by atoms with van der Waals surface area (Å²) in [6, 6.07) is 4.64. The number of rotatable bonds is 4. The van der Waals surface area contributed by atoms with Gasteiger partial charge in [-0.05, 0) is 31.0 Å². The lowest BCUT2D eigenvalue weighted by Crippen LogP contribution is -2.37. The first-order valence-electron chi connectivity index (χ1n) is 8.22. The molecular formula is C16H19ClN4O3S2. The van der Waals surface area contributed by atoms with E-state index < -0.39 is 15.9 Å². The fraction of sp³-hybridized carbons (Fsp3) is 0.438. The van der Waals surface area contributed by atoms with Crippen LogP contribution in [-0.2, 0) is 10.0 Å². The topological polar surface area (TPSA) is 92.3 Å². The lowest BCUT2D eigenvalue weighted by atomic mass is 10.2. The largest absolute Gasteiger partial charge is 0.296 e. The predicted octanol–water partition coefficient (Wildman–Crippen LogP) is 3.50. The Balaban J connectivity index is 1.79. The summed E-state index contributed by atoms with van der Waals surface area (Å²) >= 11 is 7.55. The molecule has 1 N–H and O–H groups in total. The molecule has 1 aliphatic heterocycles. The third-order valence-corrected chi connectivity index (χ3v) is 7.31. The Hall–Kier alpha value is -1.71. The van der Waals surface area contributed by atoms with E-state index in [1.165, 1.54) is 27.8 Å². The molecule has 10 heteroatoms. The van der Waals surface area contributed by atoms with Crippen molar-refractivity contribution in [1.29, 1.82) is 0 Å². The highest BCUT2D eigenvalue weighted by Crippen LogP contribution is 2.29. The van der Waals surface area contributed by atoms with Gasteiger partial charge in [0.15, 0.2) is 0 Å². The number of benzene rings is 1. The van der Waals surface area contributed by atoms with Gasteiger partial charge in [0.2, 0.25) is 15.2 Å². The number of nitrogens with zero attached hydrogens (tertiary/aromatic N) is 3. The van der Waals surface area contributed by atoms with E-state index in [1.807, 2.05) is 13.8 Å². The molecule has 7 nitrogen and oxygen atoms in total. The highest BCUT2D eigenvalue weighted by molar-refractivity contribution is 7.92. The lowest BCUT2D eigenvalue weighted by Gasteiger charge is -2.28. The quantitative estimate of drug-likeness (QED) is 0.826. The van der Waals surface area contributed by atoms with E-state index in [-0.39, 0.29) is 22.3 Å². The molecule has 140 valence electrons. The second-order valence-corrected chi connectivity index (χ2v) is 9.74. The van der Waals surface area contributed by atoms with E-state index in [9.17, 15) is 13.2 Å². The van der Waals surface area contributed by atoms with Crippen molar-refractivity contribution in [3.05, 3.63) is 33.8 Å². The minimum absolute atomic E-state index is 0.127.